The molecule has 2 aromatic carbocycles. The quantitative estimate of drug-likeness (QED) is 0.543. The molecular weight excluding hydrogens is 308 g/mol. The molecular formula is C21H20N4. The summed E-state index contributed by atoms with van der Waals surface area (Å²) >= 11 is 0. The zero-order chi connectivity index (χ0) is 17.4. The first-order chi connectivity index (χ1) is 12.1. The summed E-state index contributed by atoms with van der Waals surface area (Å²) in [6, 6.07) is 18.6. The lowest BCUT2D eigenvalue weighted by Gasteiger charge is -2.12. The highest BCUT2D eigenvalue weighted by Crippen LogP contribution is 2.31. The molecule has 0 radical (unpaired) electrons. The molecule has 124 valence electrons. The van der Waals surface area contributed by atoms with E-state index in [-0.39, 0.29) is 0 Å². The molecule has 0 unspecified atom stereocenters. The Morgan fingerprint density at radius 1 is 0.880 bits per heavy atom. The van der Waals surface area contributed by atoms with E-state index in [9.17, 15) is 0 Å². The monoisotopic (exact) mass is 328 g/mol. The third kappa shape index (κ3) is 2.83. The average Bonchev–Trinajstić information content (AvgIpc) is 3.05. The van der Waals surface area contributed by atoms with Crippen molar-refractivity contribution >= 4 is 22.4 Å². The van der Waals surface area contributed by atoms with Gasteiger partial charge in [-0.1, -0.05) is 24.3 Å². The highest BCUT2D eigenvalue weighted by atomic mass is 15.1. The molecule has 3 N–H and O–H groups in total. The standard InChI is InChI=1S/C21H20N4/c1-25(2)18-9-5-14(6-10-18)16-11-19-20(13-24-21(19)23-12-16)15-3-7-17(22)8-4-15/h3-13H,22H2,1-2H3,(H,23,24). The number of hydrogen-bond acceptors (Lipinski definition) is 3. The Hall–Kier alpha value is -3.27. The molecule has 0 saturated heterocycles. The maximum atomic E-state index is 5.80. The molecule has 25 heavy (non-hydrogen) atoms. The molecule has 0 spiro atoms. The molecule has 2 heterocycles. The number of fused-ring (bicyclic) bond motifs is 1. The summed E-state index contributed by atoms with van der Waals surface area (Å²) in [5.41, 5.74) is 13.2. The molecule has 0 atom stereocenters. The maximum Gasteiger partial charge on any atom is 0.137 e. The molecule has 4 aromatic rings. The Balaban J connectivity index is 1.79. The van der Waals surface area contributed by atoms with Crippen LogP contribution in [0.25, 0.3) is 33.3 Å². The predicted octanol–water partition coefficient (Wildman–Crippen LogP) is 4.55. The lowest BCUT2D eigenvalue weighted by molar-refractivity contribution is 1.13. The van der Waals surface area contributed by atoms with Crippen LogP contribution in [0.4, 0.5) is 11.4 Å². The van der Waals surface area contributed by atoms with Crippen molar-refractivity contribution in [2.45, 2.75) is 0 Å². The van der Waals surface area contributed by atoms with Crippen LogP contribution in [0.3, 0.4) is 0 Å². The van der Waals surface area contributed by atoms with Gasteiger partial charge in [-0.25, -0.2) is 4.98 Å². The minimum atomic E-state index is 0.767. The van der Waals surface area contributed by atoms with Crippen molar-refractivity contribution in [1.82, 2.24) is 9.97 Å². The second-order valence-electron chi connectivity index (χ2n) is 6.39. The number of H-pyrrole nitrogens is 1. The van der Waals surface area contributed by atoms with E-state index in [2.05, 4.69) is 45.2 Å². The van der Waals surface area contributed by atoms with Gasteiger partial charge >= 0.3 is 0 Å². The Bertz CT molecular complexity index is 1010. The van der Waals surface area contributed by atoms with Crippen LogP contribution in [0.2, 0.25) is 0 Å². The highest BCUT2D eigenvalue weighted by molar-refractivity contribution is 5.96. The summed E-state index contributed by atoms with van der Waals surface area (Å²) in [6.07, 6.45) is 3.92. The normalized spacial score (nSPS) is 11.0. The van der Waals surface area contributed by atoms with E-state index < -0.39 is 0 Å². The zero-order valence-electron chi connectivity index (χ0n) is 14.3. The van der Waals surface area contributed by atoms with Crippen molar-refractivity contribution in [1.29, 1.82) is 0 Å². The summed E-state index contributed by atoms with van der Waals surface area (Å²) in [6.45, 7) is 0. The van der Waals surface area contributed by atoms with Gasteiger partial charge in [0.25, 0.3) is 0 Å². The van der Waals surface area contributed by atoms with E-state index in [0.29, 0.717) is 0 Å². The number of nitrogen functional groups attached to an aromatic ring is 1. The molecule has 0 bridgehead atoms. The number of hydrogen-bond donors (Lipinski definition) is 2. The van der Waals surface area contributed by atoms with Gasteiger partial charge < -0.3 is 15.6 Å². The van der Waals surface area contributed by atoms with Gasteiger partial charge in [-0.2, -0.15) is 0 Å². The first-order valence-corrected chi connectivity index (χ1v) is 8.22. The van der Waals surface area contributed by atoms with Gasteiger partial charge in [0.1, 0.15) is 5.65 Å². The molecule has 0 saturated carbocycles. The number of rotatable bonds is 3. The topological polar surface area (TPSA) is 57.9 Å². The van der Waals surface area contributed by atoms with Crippen LogP contribution in [0.1, 0.15) is 0 Å². The fourth-order valence-electron chi connectivity index (χ4n) is 3.01. The highest BCUT2D eigenvalue weighted by Gasteiger charge is 2.09. The number of nitrogens with two attached hydrogens (primary N) is 1. The minimum Gasteiger partial charge on any atom is -0.399 e. The zero-order valence-corrected chi connectivity index (χ0v) is 14.3. The average molecular weight is 328 g/mol. The summed E-state index contributed by atoms with van der Waals surface area (Å²) < 4.78 is 0. The number of nitrogens with zero attached hydrogens (tertiary/aromatic N) is 2. The lowest BCUT2D eigenvalue weighted by Crippen LogP contribution is -2.07. The van der Waals surface area contributed by atoms with Gasteiger partial charge in [-0.05, 0) is 41.5 Å². The van der Waals surface area contributed by atoms with Crippen LogP contribution >= 0.6 is 0 Å². The van der Waals surface area contributed by atoms with E-state index >= 15 is 0 Å². The predicted molar refractivity (Wildman–Crippen MR) is 106 cm³/mol. The molecule has 2 aromatic heterocycles. The van der Waals surface area contributed by atoms with E-state index in [1.165, 1.54) is 5.69 Å². The van der Waals surface area contributed by atoms with E-state index in [0.717, 1.165) is 39.0 Å². The van der Waals surface area contributed by atoms with Gasteiger partial charge in [0.2, 0.25) is 0 Å². The maximum absolute atomic E-state index is 5.80. The summed E-state index contributed by atoms with van der Waals surface area (Å²) in [4.78, 5) is 9.94. The molecule has 0 amide bonds. The lowest BCUT2D eigenvalue weighted by atomic mass is 10.0. The Morgan fingerprint density at radius 3 is 2.24 bits per heavy atom. The van der Waals surface area contributed by atoms with E-state index in [1.54, 1.807) is 0 Å². The third-order valence-corrected chi connectivity index (χ3v) is 4.47. The summed E-state index contributed by atoms with van der Waals surface area (Å²) in [5.74, 6) is 0. The minimum absolute atomic E-state index is 0.767. The van der Waals surface area contributed by atoms with Crippen molar-refractivity contribution in [3.8, 4) is 22.3 Å². The number of anilines is 2. The van der Waals surface area contributed by atoms with Gasteiger partial charge in [0.05, 0.1) is 0 Å². The molecule has 4 nitrogen and oxygen atoms in total. The molecule has 0 fully saturated rings. The van der Waals surface area contributed by atoms with Crippen molar-refractivity contribution in [3.05, 3.63) is 67.0 Å². The largest absolute Gasteiger partial charge is 0.399 e. The second kappa shape index (κ2) is 5.98. The molecule has 4 rings (SSSR count). The second-order valence-corrected chi connectivity index (χ2v) is 6.39. The van der Waals surface area contributed by atoms with Crippen LogP contribution in [-0.4, -0.2) is 24.1 Å². The Labute approximate surface area is 146 Å². The first kappa shape index (κ1) is 15.3. The van der Waals surface area contributed by atoms with Crippen LogP contribution in [-0.2, 0) is 0 Å². The first-order valence-electron chi connectivity index (χ1n) is 8.22. The molecule has 0 aliphatic rings. The van der Waals surface area contributed by atoms with Gasteiger partial charge in [-0.15, -0.1) is 0 Å². The fourth-order valence-corrected chi connectivity index (χ4v) is 3.01. The smallest absolute Gasteiger partial charge is 0.137 e. The van der Waals surface area contributed by atoms with Crippen molar-refractivity contribution < 1.29 is 0 Å². The van der Waals surface area contributed by atoms with Gasteiger partial charge in [0.15, 0.2) is 0 Å². The Morgan fingerprint density at radius 2 is 1.56 bits per heavy atom. The van der Waals surface area contributed by atoms with Crippen molar-refractivity contribution in [2.24, 2.45) is 0 Å². The fraction of sp³-hybridized carbons (Fsp3) is 0.0952. The number of aromatic amines is 1. The number of nitrogens with one attached hydrogen (secondary N) is 1. The third-order valence-electron chi connectivity index (χ3n) is 4.47. The van der Waals surface area contributed by atoms with E-state index in [1.807, 2.05) is 50.8 Å². The summed E-state index contributed by atoms with van der Waals surface area (Å²) in [5, 5.41) is 1.11. The van der Waals surface area contributed by atoms with Crippen LogP contribution < -0.4 is 10.6 Å². The molecule has 0 aliphatic heterocycles. The summed E-state index contributed by atoms with van der Waals surface area (Å²) in [7, 11) is 4.09. The molecule has 0 aliphatic carbocycles. The van der Waals surface area contributed by atoms with Crippen molar-refractivity contribution in [3.63, 3.8) is 0 Å². The SMILES string of the molecule is CN(C)c1ccc(-c2cnc3[nH]cc(-c4ccc(N)cc4)c3c2)cc1. The van der Waals surface area contributed by atoms with E-state index in [4.69, 9.17) is 5.73 Å². The van der Waals surface area contributed by atoms with Gasteiger partial charge in [0, 0.05) is 54.4 Å². The number of aromatic nitrogens is 2. The number of pyridine rings is 1. The van der Waals surface area contributed by atoms with Crippen LogP contribution in [0.15, 0.2) is 67.0 Å². The Kier molecular flexibility index (Phi) is 3.65. The van der Waals surface area contributed by atoms with Crippen molar-refractivity contribution in [2.75, 3.05) is 24.7 Å². The van der Waals surface area contributed by atoms with Crippen LogP contribution in [0.5, 0.6) is 0 Å². The molecule has 4 heteroatoms. The van der Waals surface area contributed by atoms with Crippen LogP contribution in [0, 0.1) is 0 Å². The number of benzene rings is 2. The van der Waals surface area contributed by atoms with Gasteiger partial charge in [-0.3, -0.25) is 0 Å².